The van der Waals surface area contributed by atoms with Gasteiger partial charge in [-0.2, -0.15) is 9.59 Å². The van der Waals surface area contributed by atoms with Crippen molar-refractivity contribution >= 4 is 50.6 Å². The number of carbonyl (C=O) groups is 2. The normalized spacial score (nSPS) is 11.3. The topological polar surface area (TPSA) is 166 Å². The van der Waals surface area contributed by atoms with Crippen LogP contribution < -0.4 is 20.3 Å². The van der Waals surface area contributed by atoms with E-state index in [4.69, 9.17) is 37.4 Å². The van der Waals surface area contributed by atoms with Gasteiger partial charge in [0.05, 0.1) is 27.3 Å². The summed E-state index contributed by atoms with van der Waals surface area (Å²) in [6.07, 6.45) is 1.44. The molecule has 0 saturated carbocycles. The maximum absolute atomic E-state index is 14.3. The molecule has 2 aromatic heterocycles. The van der Waals surface area contributed by atoms with Crippen molar-refractivity contribution in [2.45, 2.75) is 53.9 Å². The predicted octanol–water partition coefficient (Wildman–Crippen LogP) is 6.42. The summed E-state index contributed by atoms with van der Waals surface area (Å²) in [6, 6.07) is 6.09. The number of fused-ring (bicyclic) bond motifs is 3. The molecule has 0 saturated heterocycles. The number of ketones is 2. The number of carbonyl (C=O) groups excluding carboxylic acids is 4. The van der Waals surface area contributed by atoms with Crippen LogP contribution in [0.2, 0.25) is 0 Å². The summed E-state index contributed by atoms with van der Waals surface area (Å²) in [5.41, 5.74) is 1.73. The molecule has 0 unspecified atom stereocenters. The fourth-order valence-corrected chi connectivity index (χ4v) is 5.99. The Morgan fingerprint density at radius 1 is 0.816 bits per heavy atom. The van der Waals surface area contributed by atoms with Gasteiger partial charge in [-0.1, -0.05) is 20.8 Å². The number of hydrogen-bond donors (Lipinski definition) is 0. The lowest BCUT2D eigenvalue weighted by Gasteiger charge is -2.25. The molecule has 3 aromatic carbocycles. The van der Waals surface area contributed by atoms with Crippen LogP contribution in [-0.2, 0) is 24.5 Å². The minimum atomic E-state index is -0.546. The summed E-state index contributed by atoms with van der Waals surface area (Å²) in [4.78, 5) is 71.3. The molecule has 0 radical (unpaired) electrons. The molecule has 0 N–H and O–H groups in total. The summed E-state index contributed by atoms with van der Waals surface area (Å²) in [5, 5.41) is 0.555. The molecule has 0 aliphatic rings. The molecule has 256 valence electrons. The molecule has 0 fully saturated rings. The summed E-state index contributed by atoms with van der Waals surface area (Å²) in [7, 11) is 2.91. The molecule has 5 aromatic rings. The van der Waals surface area contributed by atoms with Gasteiger partial charge < -0.3 is 27.8 Å². The number of hydrogen-bond acceptors (Lipinski definition) is 12. The van der Waals surface area contributed by atoms with Gasteiger partial charge in [-0.25, -0.2) is 0 Å². The zero-order valence-corrected chi connectivity index (χ0v) is 28.7. The Morgan fingerprint density at radius 2 is 1.41 bits per heavy atom. The molecule has 0 amide bonds. The van der Waals surface area contributed by atoms with Gasteiger partial charge in [0.2, 0.25) is 10.9 Å². The van der Waals surface area contributed by atoms with Gasteiger partial charge >= 0.3 is 6.15 Å². The van der Waals surface area contributed by atoms with Crippen molar-refractivity contribution in [2.24, 2.45) is 0 Å². The third kappa shape index (κ3) is 6.80. The number of aryl methyl sites for hydroxylation is 1. The second-order valence-corrected chi connectivity index (χ2v) is 12.4. The minimum absolute atomic E-state index is 0.00745. The van der Waals surface area contributed by atoms with E-state index in [2.05, 4.69) is 0 Å². The standard InChI is InChI=1S/C36H36O10.CO2/c1-17-10-28-31(32(18(17)2)36(5,6)7)34(40)23-11-21(19(3)37)30(29(20(4)38)35(23)46-28)24-14-43-25-13-27(45-16-42-9)26(44-15-41-8)12-22(25)33(24)39;2-1-3/h10-14H,15-16H2,1-9H3;. The first-order valence-corrected chi connectivity index (χ1v) is 15.1. The van der Waals surface area contributed by atoms with Crippen LogP contribution in [0, 0.1) is 13.8 Å². The van der Waals surface area contributed by atoms with E-state index in [-0.39, 0.29) is 80.9 Å². The third-order valence-electron chi connectivity index (χ3n) is 8.03. The van der Waals surface area contributed by atoms with Gasteiger partial charge in [0.25, 0.3) is 0 Å². The first-order chi connectivity index (χ1) is 23.1. The molecule has 12 nitrogen and oxygen atoms in total. The van der Waals surface area contributed by atoms with Gasteiger partial charge in [0.1, 0.15) is 23.0 Å². The Hall–Kier alpha value is -5.42. The summed E-state index contributed by atoms with van der Waals surface area (Å²) in [6.45, 7) is 12.3. The Balaban J connectivity index is 0.00000174. The molecular formula is C37H36O12. The fraction of sp³-hybridized carbons (Fsp3) is 0.324. The van der Waals surface area contributed by atoms with E-state index >= 15 is 0 Å². The van der Waals surface area contributed by atoms with Gasteiger partial charge in [0.15, 0.2) is 36.7 Å². The Kier molecular flexibility index (Phi) is 10.7. The number of ether oxygens (including phenoxy) is 4. The van der Waals surface area contributed by atoms with Crippen LogP contribution in [0.15, 0.2) is 49.0 Å². The second-order valence-electron chi connectivity index (χ2n) is 12.4. The summed E-state index contributed by atoms with van der Waals surface area (Å²) < 4.78 is 33.5. The van der Waals surface area contributed by atoms with Crippen LogP contribution in [0.5, 0.6) is 11.5 Å². The first-order valence-electron chi connectivity index (χ1n) is 15.1. The molecule has 5 rings (SSSR count). The largest absolute Gasteiger partial charge is 0.464 e. The molecule has 2 heterocycles. The second kappa shape index (κ2) is 14.4. The Morgan fingerprint density at radius 3 is 1.94 bits per heavy atom. The van der Waals surface area contributed by atoms with Crippen molar-refractivity contribution in [1.82, 2.24) is 0 Å². The minimum Gasteiger partial charge on any atom is -0.464 e. The van der Waals surface area contributed by atoms with Crippen LogP contribution in [-0.4, -0.2) is 45.5 Å². The van der Waals surface area contributed by atoms with E-state index in [1.807, 2.05) is 34.6 Å². The fourth-order valence-electron chi connectivity index (χ4n) is 5.99. The van der Waals surface area contributed by atoms with Gasteiger partial charge in [-0.3, -0.25) is 19.2 Å². The van der Waals surface area contributed by atoms with Crippen LogP contribution >= 0.6 is 0 Å². The van der Waals surface area contributed by atoms with Crippen molar-refractivity contribution in [3.05, 3.63) is 78.8 Å². The molecule has 0 aliphatic heterocycles. The SMILES string of the molecule is COCOc1cc2occ(-c3c(C(C)=O)cc4c(=O)c5c(C(C)(C)C)c(C)c(C)cc5oc4c3C(C)=O)c(=O)c2cc1OCOC.O=C=O. The Labute approximate surface area is 280 Å². The smallest absolute Gasteiger partial charge is 0.373 e. The number of rotatable bonds is 9. The van der Waals surface area contributed by atoms with E-state index < -0.39 is 22.4 Å². The van der Waals surface area contributed by atoms with Crippen LogP contribution in [0.25, 0.3) is 44.0 Å². The van der Waals surface area contributed by atoms with E-state index in [0.717, 1.165) is 16.7 Å². The highest BCUT2D eigenvalue weighted by atomic mass is 16.7. The lowest BCUT2D eigenvalue weighted by Crippen LogP contribution is -2.20. The molecule has 0 atom stereocenters. The van der Waals surface area contributed by atoms with Crippen molar-refractivity contribution in [3.63, 3.8) is 0 Å². The zero-order chi connectivity index (χ0) is 36.4. The molecule has 0 spiro atoms. The van der Waals surface area contributed by atoms with Gasteiger partial charge in [-0.15, -0.1) is 0 Å². The van der Waals surface area contributed by atoms with Gasteiger partial charge in [0, 0.05) is 31.4 Å². The highest BCUT2D eigenvalue weighted by Gasteiger charge is 2.30. The zero-order valence-electron chi connectivity index (χ0n) is 28.7. The van der Waals surface area contributed by atoms with Crippen molar-refractivity contribution in [2.75, 3.05) is 27.8 Å². The quantitative estimate of drug-likeness (QED) is 0.0959. The van der Waals surface area contributed by atoms with E-state index in [1.165, 1.54) is 52.5 Å². The summed E-state index contributed by atoms with van der Waals surface area (Å²) >= 11 is 0. The van der Waals surface area contributed by atoms with Crippen LogP contribution in [0.4, 0.5) is 0 Å². The van der Waals surface area contributed by atoms with Crippen LogP contribution in [0.3, 0.4) is 0 Å². The predicted molar refractivity (Wildman–Crippen MR) is 180 cm³/mol. The number of Topliss-reactive ketones (excluding diaryl/α,β-unsaturated/α-hetero) is 2. The lowest BCUT2D eigenvalue weighted by atomic mass is 9.80. The van der Waals surface area contributed by atoms with E-state index in [1.54, 1.807) is 6.07 Å². The van der Waals surface area contributed by atoms with Gasteiger partial charge in [-0.05, 0) is 68.0 Å². The lowest BCUT2D eigenvalue weighted by molar-refractivity contribution is -0.191. The highest BCUT2D eigenvalue weighted by Crippen LogP contribution is 2.39. The maximum atomic E-state index is 14.3. The molecule has 49 heavy (non-hydrogen) atoms. The van der Waals surface area contributed by atoms with Crippen LogP contribution in [0.1, 0.15) is 72.0 Å². The van der Waals surface area contributed by atoms with E-state index in [0.29, 0.717) is 11.0 Å². The molecule has 0 bridgehead atoms. The summed E-state index contributed by atoms with van der Waals surface area (Å²) in [5.74, 6) is -0.527. The molecule has 12 heteroatoms. The first kappa shape index (κ1) is 36.4. The van der Waals surface area contributed by atoms with E-state index in [9.17, 15) is 19.2 Å². The Bertz CT molecular complexity index is 2280. The average Bonchev–Trinajstić information content (AvgIpc) is 3.03. The highest BCUT2D eigenvalue weighted by molar-refractivity contribution is 6.17. The van der Waals surface area contributed by atoms with Crippen molar-refractivity contribution in [3.8, 4) is 22.6 Å². The van der Waals surface area contributed by atoms with Crippen molar-refractivity contribution < 1.29 is 47.0 Å². The third-order valence-corrected chi connectivity index (χ3v) is 8.03. The molecular weight excluding hydrogens is 636 g/mol. The number of benzene rings is 3. The maximum Gasteiger partial charge on any atom is 0.373 e. The molecule has 0 aliphatic carbocycles. The average molecular weight is 673 g/mol. The number of methoxy groups -OCH3 is 2. The van der Waals surface area contributed by atoms with Crippen molar-refractivity contribution in [1.29, 1.82) is 0 Å². The monoisotopic (exact) mass is 672 g/mol.